The first-order chi connectivity index (χ1) is 15.4. The van der Waals surface area contributed by atoms with Crippen molar-refractivity contribution in [1.82, 2.24) is 4.90 Å². The monoisotopic (exact) mass is 470 g/mol. The predicted molar refractivity (Wildman–Crippen MR) is 112 cm³/mol. The van der Waals surface area contributed by atoms with Gasteiger partial charge in [-0.15, -0.1) is 0 Å². The zero-order chi connectivity index (χ0) is 24.0. The predicted octanol–water partition coefficient (Wildman–Crippen LogP) is 5.88. The molecule has 3 nitrogen and oxygen atoms in total. The molecule has 1 heterocycles. The SMILES string of the molecule is Cc1ccc(C(F)(F)F)cc1N1CCN(C(=O)C2CC(c3ccccc3C(F)(F)F)C2)CC1. The van der Waals surface area contributed by atoms with Crippen molar-refractivity contribution < 1.29 is 31.1 Å². The molecule has 0 aromatic heterocycles. The third kappa shape index (κ3) is 4.82. The molecule has 0 bridgehead atoms. The van der Waals surface area contributed by atoms with Crippen LogP contribution < -0.4 is 4.90 Å². The second kappa shape index (κ2) is 8.57. The molecule has 4 rings (SSSR count). The summed E-state index contributed by atoms with van der Waals surface area (Å²) in [6.07, 6.45) is -8.10. The number of amides is 1. The van der Waals surface area contributed by atoms with E-state index < -0.39 is 23.5 Å². The number of anilines is 1. The molecule has 1 aliphatic heterocycles. The fourth-order valence-corrected chi connectivity index (χ4v) is 4.74. The Bertz CT molecular complexity index is 1020. The van der Waals surface area contributed by atoms with Crippen LogP contribution in [0.25, 0.3) is 0 Å². The normalized spacial score (nSPS) is 21.7. The Balaban J connectivity index is 1.36. The van der Waals surface area contributed by atoms with Crippen LogP contribution >= 0.6 is 0 Å². The molecule has 1 saturated heterocycles. The first-order valence-electron chi connectivity index (χ1n) is 10.8. The Morgan fingerprint density at radius 2 is 1.52 bits per heavy atom. The van der Waals surface area contributed by atoms with E-state index in [9.17, 15) is 31.1 Å². The van der Waals surface area contributed by atoms with E-state index >= 15 is 0 Å². The van der Waals surface area contributed by atoms with E-state index in [0.29, 0.717) is 44.7 Å². The fourth-order valence-electron chi connectivity index (χ4n) is 4.74. The highest BCUT2D eigenvalue weighted by atomic mass is 19.4. The number of carbonyl (C=O) groups excluding carboxylic acids is 1. The van der Waals surface area contributed by atoms with E-state index in [-0.39, 0.29) is 23.3 Å². The number of hydrogen-bond donors (Lipinski definition) is 0. The minimum absolute atomic E-state index is 0.0869. The van der Waals surface area contributed by atoms with Crippen molar-refractivity contribution in [2.45, 2.75) is 38.0 Å². The molecule has 33 heavy (non-hydrogen) atoms. The summed E-state index contributed by atoms with van der Waals surface area (Å²) in [6.45, 7) is 3.30. The van der Waals surface area contributed by atoms with Gasteiger partial charge in [-0.3, -0.25) is 4.79 Å². The zero-order valence-corrected chi connectivity index (χ0v) is 18.0. The second-order valence-corrected chi connectivity index (χ2v) is 8.76. The number of nitrogens with zero attached hydrogens (tertiary/aromatic N) is 2. The molecule has 1 aliphatic carbocycles. The standard InChI is InChI=1S/C24H24F6N2O/c1-15-6-7-18(23(25,26)27)14-21(15)31-8-10-32(11-9-31)22(33)17-12-16(13-17)19-4-2-3-5-20(19)24(28,29)30/h2-7,14,16-17H,8-13H2,1H3. The number of piperazine rings is 1. The van der Waals surface area contributed by atoms with Crippen LogP contribution in [0.15, 0.2) is 42.5 Å². The summed E-state index contributed by atoms with van der Waals surface area (Å²) < 4.78 is 79.0. The third-order valence-corrected chi connectivity index (χ3v) is 6.66. The van der Waals surface area contributed by atoms with E-state index in [1.165, 1.54) is 18.2 Å². The number of rotatable bonds is 3. The molecule has 2 fully saturated rings. The Labute approximate surface area is 188 Å². The molecule has 2 aromatic rings. The lowest BCUT2D eigenvalue weighted by Crippen LogP contribution is -2.52. The summed E-state index contributed by atoms with van der Waals surface area (Å²) in [5, 5.41) is 0. The van der Waals surface area contributed by atoms with Crippen molar-refractivity contribution >= 4 is 11.6 Å². The summed E-state index contributed by atoms with van der Waals surface area (Å²) in [4.78, 5) is 16.4. The smallest absolute Gasteiger partial charge is 0.368 e. The number of halogens is 6. The average Bonchev–Trinajstić information content (AvgIpc) is 2.72. The molecule has 0 spiro atoms. The highest BCUT2D eigenvalue weighted by molar-refractivity contribution is 5.80. The zero-order valence-electron chi connectivity index (χ0n) is 18.0. The molecule has 1 amide bonds. The van der Waals surface area contributed by atoms with Gasteiger partial charge in [0.25, 0.3) is 0 Å². The van der Waals surface area contributed by atoms with Crippen molar-refractivity contribution in [3.8, 4) is 0 Å². The van der Waals surface area contributed by atoms with Gasteiger partial charge in [0.15, 0.2) is 0 Å². The van der Waals surface area contributed by atoms with E-state index in [0.717, 1.165) is 23.8 Å². The summed E-state index contributed by atoms with van der Waals surface area (Å²) in [5.74, 6) is -0.708. The minimum atomic E-state index is -4.43. The van der Waals surface area contributed by atoms with Crippen molar-refractivity contribution in [3.63, 3.8) is 0 Å². The van der Waals surface area contributed by atoms with E-state index in [1.54, 1.807) is 17.9 Å². The maximum Gasteiger partial charge on any atom is 0.416 e. The molecule has 0 unspecified atom stereocenters. The highest BCUT2D eigenvalue weighted by Gasteiger charge is 2.42. The maximum absolute atomic E-state index is 13.3. The van der Waals surface area contributed by atoms with Crippen molar-refractivity contribution in [2.24, 2.45) is 5.92 Å². The lowest BCUT2D eigenvalue weighted by molar-refractivity contribution is -0.140. The van der Waals surface area contributed by atoms with Crippen LogP contribution in [0.4, 0.5) is 32.0 Å². The summed E-state index contributed by atoms with van der Waals surface area (Å²) >= 11 is 0. The van der Waals surface area contributed by atoms with Gasteiger partial charge in [-0.1, -0.05) is 24.3 Å². The number of aryl methyl sites for hydroxylation is 1. The van der Waals surface area contributed by atoms with Crippen molar-refractivity contribution in [3.05, 3.63) is 64.7 Å². The molecular formula is C24H24F6N2O. The van der Waals surface area contributed by atoms with Gasteiger partial charge in [0.05, 0.1) is 11.1 Å². The van der Waals surface area contributed by atoms with E-state index in [4.69, 9.17) is 0 Å². The highest BCUT2D eigenvalue weighted by Crippen LogP contribution is 2.46. The van der Waals surface area contributed by atoms with Crippen LogP contribution in [0.3, 0.4) is 0 Å². The van der Waals surface area contributed by atoms with Gasteiger partial charge >= 0.3 is 12.4 Å². The van der Waals surface area contributed by atoms with Crippen LogP contribution in [0.5, 0.6) is 0 Å². The summed E-state index contributed by atoms with van der Waals surface area (Å²) in [7, 11) is 0. The molecule has 9 heteroatoms. The van der Waals surface area contributed by atoms with Gasteiger partial charge < -0.3 is 9.80 Å². The molecule has 0 atom stereocenters. The molecular weight excluding hydrogens is 446 g/mol. The third-order valence-electron chi connectivity index (χ3n) is 6.66. The van der Waals surface area contributed by atoms with Gasteiger partial charge in [0, 0.05) is 37.8 Å². The van der Waals surface area contributed by atoms with Gasteiger partial charge in [0.1, 0.15) is 0 Å². The topological polar surface area (TPSA) is 23.6 Å². The molecule has 0 radical (unpaired) electrons. The Kier molecular flexibility index (Phi) is 6.09. The number of alkyl halides is 6. The van der Waals surface area contributed by atoms with Gasteiger partial charge in [-0.25, -0.2) is 0 Å². The van der Waals surface area contributed by atoms with Crippen LogP contribution in [0, 0.1) is 12.8 Å². The average molecular weight is 470 g/mol. The number of benzene rings is 2. The maximum atomic E-state index is 13.3. The van der Waals surface area contributed by atoms with Gasteiger partial charge in [0.2, 0.25) is 5.91 Å². The van der Waals surface area contributed by atoms with Gasteiger partial charge in [-0.2, -0.15) is 26.3 Å². The van der Waals surface area contributed by atoms with Gasteiger partial charge in [-0.05, 0) is 55.0 Å². The van der Waals surface area contributed by atoms with Crippen LogP contribution in [-0.4, -0.2) is 37.0 Å². The molecule has 2 aromatic carbocycles. The summed E-state index contributed by atoms with van der Waals surface area (Å²) in [5.41, 5.74) is 0.114. The molecule has 1 saturated carbocycles. The van der Waals surface area contributed by atoms with Crippen molar-refractivity contribution in [2.75, 3.05) is 31.1 Å². The van der Waals surface area contributed by atoms with Crippen LogP contribution in [-0.2, 0) is 17.1 Å². The number of hydrogen-bond acceptors (Lipinski definition) is 2. The van der Waals surface area contributed by atoms with Crippen molar-refractivity contribution in [1.29, 1.82) is 0 Å². The molecule has 0 N–H and O–H groups in total. The lowest BCUT2D eigenvalue weighted by Gasteiger charge is -2.42. The quantitative estimate of drug-likeness (QED) is 0.524. The number of carbonyl (C=O) groups is 1. The first-order valence-corrected chi connectivity index (χ1v) is 10.8. The first kappa shape index (κ1) is 23.4. The summed E-state index contributed by atoms with van der Waals surface area (Å²) in [6, 6.07) is 9.13. The minimum Gasteiger partial charge on any atom is -0.368 e. The lowest BCUT2D eigenvalue weighted by atomic mass is 9.69. The fraction of sp³-hybridized carbons (Fsp3) is 0.458. The Morgan fingerprint density at radius 3 is 2.12 bits per heavy atom. The molecule has 2 aliphatic rings. The second-order valence-electron chi connectivity index (χ2n) is 8.76. The molecule has 178 valence electrons. The van der Waals surface area contributed by atoms with Crippen LogP contribution in [0.2, 0.25) is 0 Å². The van der Waals surface area contributed by atoms with E-state index in [1.807, 2.05) is 4.90 Å². The Hall–Kier alpha value is -2.71. The Morgan fingerprint density at radius 1 is 0.879 bits per heavy atom. The largest absolute Gasteiger partial charge is 0.416 e. The van der Waals surface area contributed by atoms with E-state index in [2.05, 4.69) is 0 Å². The van der Waals surface area contributed by atoms with Crippen LogP contribution in [0.1, 0.15) is 41.0 Å².